The van der Waals surface area contributed by atoms with Gasteiger partial charge >= 0.3 is 6.09 Å². The molecule has 0 aromatic heterocycles. The van der Waals surface area contributed by atoms with E-state index in [2.05, 4.69) is 20.4 Å². The Morgan fingerprint density at radius 3 is 2.55 bits per heavy atom. The molecule has 1 heterocycles. The molecule has 0 saturated carbocycles. The van der Waals surface area contributed by atoms with E-state index in [1.165, 1.54) is 10.5 Å². The van der Waals surface area contributed by atoms with E-state index < -0.39 is 5.60 Å². The number of hydrogen-bond donors (Lipinski definition) is 0. The second-order valence-electron chi connectivity index (χ2n) is 6.48. The van der Waals surface area contributed by atoms with Crippen LogP contribution < -0.4 is 0 Å². The Kier molecular flexibility index (Phi) is 5.75. The molecule has 1 aliphatic heterocycles. The van der Waals surface area contributed by atoms with Crippen molar-refractivity contribution >= 4 is 17.9 Å². The van der Waals surface area contributed by atoms with E-state index >= 15 is 0 Å². The lowest BCUT2D eigenvalue weighted by Crippen LogP contribution is -2.42. The number of allylic oxidation sites excluding steroid dienone is 1. The highest BCUT2D eigenvalue weighted by Crippen LogP contribution is 2.35. The van der Waals surface area contributed by atoms with E-state index in [-0.39, 0.29) is 12.1 Å². The summed E-state index contributed by atoms with van der Waals surface area (Å²) in [4.78, 5) is 16.6. The number of amides is 1. The van der Waals surface area contributed by atoms with Crippen LogP contribution in [0.3, 0.4) is 0 Å². The van der Waals surface area contributed by atoms with Crippen LogP contribution in [0.25, 0.3) is 0 Å². The van der Waals surface area contributed by atoms with Gasteiger partial charge in [0, 0.05) is 12.6 Å². The van der Waals surface area contributed by atoms with Gasteiger partial charge in [0.05, 0.1) is 0 Å². The largest absolute Gasteiger partial charge is 0.444 e. The molecular weight excluding hydrogens is 270 g/mol. The Morgan fingerprint density at radius 1 is 1.45 bits per heavy atom. The van der Waals surface area contributed by atoms with Gasteiger partial charge in [0.25, 0.3) is 0 Å². The Morgan fingerprint density at radius 2 is 2.05 bits per heavy atom. The van der Waals surface area contributed by atoms with Crippen LogP contribution in [0.2, 0.25) is 0 Å². The topological polar surface area (TPSA) is 29.5 Å². The first kappa shape index (κ1) is 17.2. The third-order valence-corrected chi connectivity index (χ3v) is 4.25. The minimum Gasteiger partial charge on any atom is -0.444 e. The van der Waals surface area contributed by atoms with Gasteiger partial charge in [-0.3, -0.25) is 0 Å². The lowest BCUT2D eigenvalue weighted by molar-refractivity contribution is 0.0186. The van der Waals surface area contributed by atoms with Crippen molar-refractivity contribution in [3.63, 3.8) is 0 Å². The Hall–Kier alpha value is -0.900. The van der Waals surface area contributed by atoms with Crippen molar-refractivity contribution < 1.29 is 9.53 Å². The highest BCUT2D eigenvalue weighted by atomic mass is 32.2. The van der Waals surface area contributed by atoms with Crippen LogP contribution >= 0.6 is 11.8 Å². The minimum absolute atomic E-state index is 0.157. The summed E-state index contributed by atoms with van der Waals surface area (Å²) < 4.78 is 5.50. The molecule has 0 fully saturated rings. The second kappa shape index (κ2) is 6.70. The fourth-order valence-corrected chi connectivity index (χ4v) is 3.15. The smallest absolute Gasteiger partial charge is 0.410 e. The summed E-state index contributed by atoms with van der Waals surface area (Å²) in [6.07, 6.45) is 1.57. The molecule has 1 unspecified atom stereocenters. The summed E-state index contributed by atoms with van der Waals surface area (Å²) in [5, 5.41) is 0. The lowest BCUT2D eigenvalue weighted by Gasteiger charge is -2.30. The van der Waals surface area contributed by atoms with Crippen LogP contribution in [0.5, 0.6) is 0 Å². The number of hydrogen-bond acceptors (Lipinski definition) is 3. The molecule has 0 aliphatic carbocycles. The van der Waals surface area contributed by atoms with Crippen LogP contribution in [0.4, 0.5) is 4.79 Å². The zero-order valence-electron chi connectivity index (χ0n) is 13.6. The van der Waals surface area contributed by atoms with E-state index in [1.807, 2.05) is 32.6 Å². The molecule has 3 nitrogen and oxygen atoms in total. The quantitative estimate of drug-likeness (QED) is 0.722. The predicted molar refractivity (Wildman–Crippen MR) is 86.7 cm³/mol. The maximum absolute atomic E-state index is 12.3. The molecule has 20 heavy (non-hydrogen) atoms. The highest BCUT2D eigenvalue weighted by molar-refractivity contribution is 8.06. The standard InChI is InChI=1S/C16H27NO2S/c1-11(2)20-14-10-13(4)17(9-8-12(14)3)15(18)19-16(5,6)7/h13H,1,8-10H2,2-7H3. The van der Waals surface area contributed by atoms with Gasteiger partial charge in [0.15, 0.2) is 0 Å². The van der Waals surface area contributed by atoms with E-state index in [4.69, 9.17) is 4.74 Å². The van der Waals surface area contributed by atoms with Crippen LogP contribution in [-0.2, 0) is 4.74 Å². The maximum Gasteiger partial charge on any atom is 0.410 e. The summed E-state index contributed by atoms with van der Waals surface area (Å²) in [5.41, 5.74) is 0.914. The second-order valence-corrected chi connectivity index (χ2v) is 7.88. The van der Waals surface area contributed by atoms with Crippen LogP contribution in [0, 0.1) is 0 Å². The highest BCUT2D eigenvalue weighted by Gasteiger charge is 2.28. The molecule has 0 saturated heterocycles. The number of rotatable bonds is 2. The van der Waals surface area contributed by atoms with Crippen molar-refractivity contribution in [2.75, 3.05) is 6.54 Å². The van der Waals surface area contributed by atoms with Gasteiger partial charge < -0.3 is 9.64 Å². The SMILES string of the molecule is C=C(C)SC1=C(C)CCN(C(=O)OC(C)(C)C)C(C)C1. The van der Waals surface area contributed by atoms with Gasteiger partial charge in [-0.1, -0.05) is 23.9 Å². The fourth-order valence-electron chi connectivity index (χ4n) is 2.13. The fraction of sp³-hybridized carbons (Fsp3) is 0.688. The third kappa shape index (κ3) is 5.23. The van der Waals surface area contributed by atoms with Gasteiger partial charge in [-0.2, -0.15) is 0 Å². The summed E-state index contributed by atoms with van der Waals surface area (Å²) in [6, 6.07) is 0.157. The Bertz CT molecular complexity index is 421. The van der Waals surface area contributed by atoms with Crippen LogP contribution in [0.1, 0.15) is 54.4 Å². The first-order valence-corrected chi connectivity index (χ1v) is 7.93. The summed E-state index contributed by atoms with van der Waals surface area (Å²) in [6.45, 7) is 16.7. The molecule has 0 bridgehead atoms. The first-order chi connectivity index (χ1) is 9.10. The molecule has 0 aromatic carbocycles. The van der Waals surface area contributed by atoms with Crippen LogP contribution in [-0.4, -0.2) is 29.2 Å². The van der Waals surface area contributed by atoms with Crippen LogP contribution in [0.15, 0.2) is 22.0 Å². The van der Waals surface area contributed by atoms with Gasteiger partial charge in [-0.05, 0) is 64.2 Å². The molecule has 0 radical (unpaired) electrons. The normalized spacial score (nSPS) is 20.7. The zero-order chi connectivity index (χ0) is 15.5. The Balaban J connectivity index is 2.78. The number of ether oxygens (including phenoxy) is 1. The summed E-state index contributed by atoms with van der Waals surface area (Å²) in [5.74, 6) is 0. The Labute approximate surface area is 127 Å². The van der Waals surface area contributed by atoms with Crippen molar-refractivity contribution in [1.29, 1.82) is 0 Å². The molecular formula is C16H27NO2S. The molecule has 1 aliphatic rings. The molecule has 0 spiro atoms. The molecule has 1 atom stereocenters. The maximum atomic E-state index is 12.3. The average molecular weight is 297 g/mol. The molecule has 4 heteroatoms. The molecule has 114 valence electrons. The van der Waals surface area contributed by atoms with Gasteiger partial charge in [-0.25, -0.2) is 4.79 Å². The van der Waals surface area contributed by atoms with Crippen molar-refractivity contribution in [2.24, 2.45) is 0 Å². The first-order valence-electron chi connectivity index (χ1n) is 7.11. The van der Waals surface area contributed by atoms with E-state index in [0.717, 1.165) is 24.3 Å². The van der Waals surface area contributed by atoms with Gasteiger partial charge in [0.1, 0.15) is 5.60 Å². The summed E-state index contributed by atoms with van der Waals surface area (Å²) in [7, 11) is 0. The molecule has 0 N–H and O–H groups in total. The molecule has 1 rings (SSSR count). The van der Waals surface area contributed by atoms with Gasteiger partial charge in [0.2, 0.25) is 0 Å². The van der Waals surface area contributed by atoms with Crippen molar-refractivity contribution in [3.05, 3.63) is 22.0 Å². The zero-order valence-corrected chi connectivity index (χ0v) is 14.4. The number of thioether (sulfide) groups is 1. The summed E-state index contributed by atoms with van der Waals surface area (Å²) >= 11 is 1.73. The molecule has 0 aromatic rings. The number of nitrogens with zero attached hydrogens (tertiary/aromatic N) is 1. The van der Waals surface area contributed by atoms with Gasteiger partial charge in [-0.15, -0.1) is 0 Å². The van der Waals surface area contributed by atoms with E-state index in [9.17, 15) is 4.79 Å². The monoisotopic (exact) mass is 297 g/mol. The minimum atomic E-state index is -0.444. The number of carbonyl (C=O) groups excluding carboxylic acids is 1. The van der Waals surface area contributed by atoms with E-state index in [0.29, 0.717) is 0 Å². The predicted octanol–water partition coefficient (Wildman–Crippen LogP) is 4.95. The molecule has 1 amide bonds. The van der Waals surface area contributed by atoms with Crippen molar-refractivity contribution in [1.82, 2.24) is 4.90 Å². The number of carbonyl (C=O) groups is 1. The third-order valence-electron chi connectivity index (χ3n) is 3.14. The lowest BCUT2D eigenvalue weighted by atomic mass is 10.1. The van der Waals surface area contributed by atoms with E-state index in [1.54, 1.807) is 11.8 Å². The van der Waals surface area contributed by atoms with Crippen molar-refractivity contribution in [3.8, 4) is 0 Å². The van der Waals surface area contributed by atoms with Crippen molar-refractivity contribution in [2.45, 2.75) is 66.0 Å². The average Bonchev–Trinajstić information content (AvgIpc) is 2.36.